The highest BCUT2D eigenvalue weighted by Crippen LogP contribution is 2.33. The predicted molar refractivity (Wildman–Crippen MR) is 129 cm³/mol. The number of halogens is 1. The van der Waals surface area contributed by atoms with Gasteiger partial charge in [-0.3, -0.25) is 10.1 Å². The van der Waals surface area contributed by atoms with Crippen molar-refractivity contribution in [3.8, 4) is 10.6 Å². The van der Waals surface area contributed by atoms with E-state index in [1.54, 1.807) is 27.8 Å². The van der Waals surface area contributed by atoms with Gasteiger partial charge >= 0.3 is 0 Å². The lowest BCUT2D eigenvalue weighted by Crippen LogP contribution is -2.42. The minimum atomic E-state index is -3.57. The Morgan fingerprint density at radius 3 is 2.42 bits per heavy atom. The molecule has 2 atom stereocenters. The number of nitrogens with one attached hydrogen (secondary N) is 1. The van der Waals surface area contributed by atoms with E-state index in [-0.39, 0.29) is 10.8 Å². The number of carbonyl (C=O) groups is 1. The highest BCUT2D eigenvalue weighted by Gasteiger charge is 2.31. The van der Waals surface area contributed by atoms with Crippen molar-refractivity contribution in [3.05, 3.63) is 51.1 Å². The summed E-state index contributed by atoms with van der Waals surface area (Å²) in [6.45, 7) is 5.21. The van der Waals surface area contributed by atoms with E-state index in [0.29, 0.717) is 35.6 Å². The second kappa shape index (κ2) is 9.11. The number of hydrogen-bond donors (Lipinski definition) is 1. The molecule has 0 spiro atoms. The van der Waals surface area contributed by atoms with E-state index in [1.807, 2.05) is 17.5 Å². The summed E-state index contributed by atoms with van der Waals surface area (Å²) in [4.78, 5) is 18.3. The molecule has 1 fully saturated rings. The van der Waals surface area contributed by atoms with Gasteiger partial charge in [0.05, 0.1) is 19.3 Å². The number of thiazole rings is 1. The van der Waals surface area contributed by atoms with Gasteiger partial charge < -0.3 is 0 Å². The minimum absolute atomic E-state index is 0.213. The van der Waals surface area contributed by atoms with Gasteiger partial charge in [-0.2, -0.15) is 4.31 Å². The topological polar surface area (TPSA) is 79.4 Å². The molecular weight excluding hydrogens is 518 g/mol. The van der Waals surface area contributed by atoms with E-state index in [1.165, 1.54) is 23.5 Å². The largest absolute Gasteiger partial charge is 0.298 e. The Hall–Kier alpha value is -1.59. The van der Waals surface area contributed by atoms with Crippen LogP contribution in [0.15, 0.2) is 50.5 Å². The fourth-order valence-corrected chi connectivity index (χ4v) is 7.60. The molecular formula is C21H22BrN3O3S3. The van der Waals surface area contributed by atoms with Gasteiger partial charge in [-0.15, -0.1) is 22.7 Å². The fourth-order valence-electron chi connectivity index (χ4n) is 3.79. The van der Waals surface area contributed by atoms with E-state index < -0.39 is 10.0 Å². The number of benzene rings is 1. The quantitative estimate of drug-likeness (QED) is 0.460. The molecule has 0 saturated carbocycles. The Labute approximate surface area is 198 Å². The van der Waals surface area contributed by atoms with Crippen LogP contribution in [0.1, 0.15) is 30.6 Å². The number of aromatic nitrogens is 1. The number of carbonyl (C=O) groups excluding carboxylic acids is 1. The zero-order valence-electron chi connectivity index (χ0n) is 17.0. The van der Waals surface area contributed by atoms with Crippen LogP contribution in [0.2, 0.25) is 0 Å². The molecule has 31 heavy (non-hydrogen) atoms. The second-order valence-electron chi connectivity index (χ2n) is 7.89. The SMILES string of the molecule is CC1CC(C)CN(S(=O)(=O)c2ccc(C(=O)Nc3nc(-c4ccc(Br)s4)cs3)cc2)C1. The number of piperidine rings is 1. The first-order valence-electron chi connectivity index (χ1n) is 9.85. The molecule has 1 amide bonds. The Kier molecular flexibility index (Phi) is 6.64. The summed E-state index contributed by atoms with van der Waals surface area (Å²) in [6.07, 6.45) is 1.04. The molecule has 0 bridgehead atoms. The van der Waals surface area contributed by atoms with Crippen LogP contribution in [0.3, 0.4) is 0 Å². The highest BCUT2D eigenvalue weighted by molar-refractivity contribution is 9.11. The maximum Gasteiger partial charge on any atom is 0.257 e. The van der Waals surface area contributed by atoms with E-state index >= 15 is 0 Å². The summed E-state index contributed by atoms with van der Waals surface area (Å²) >= 11 is 6.36. The van der Waals surface area contributed by atoms with Gasteiger partial charge in [0, 0.05) is 24.0 Å². The number of rotatable bonds is 5. The van der Waals surface area contributed by atoms with Gasteiger partial charge in [-0.25, -0.2) is 13.4 Å². The molecule has 0 aliphatic carbocycles. The lowest BCUT2D eigenvalue weighted by Gasteiger charge is -2.34. The molecule has 4 rings (SSSR count). The molecule has 3 aromatic rings. The predicted octanol–water partition coefficient (Wildman–Crippen LogP) is 5.55. The van der Waals surface area contributed by atoms with Crippen molar-refractivity contribution in [2.75, 3.05) is 18.4 Å². The van der Waals surface area contributed by atoms with Gasteiger partial charge in [0.1, 0.15) is 0 Å². The zero-order valence-corrected chi connectivity index (χ0v) is 21.1. The van der Waals surface area contributed by atoms with Crippen molar-refractivity contribution in [2.24, 2.45) is 11.8 Å². The maximum absolute atomic E-state index is 13.0. The van der Waals surface area contributed by atoms with Crippen LogP contribution in [0, 0.1) is 11.8 Å². The average molecular weight is 541 g/mol. The van der Waals surface area contributed by atoms with Crippen molar-refractivity contribution in [2.45, 2.75) is 25.2 Å². The van der Waals surface area contributed by atoms with Gasteiger partial charge in [0.2, 0.25) is 10.0 Å². The third-order valence-corrected chi connectivity index (χ3v) is 9.39. The van der Waals surface area contributed by atoms with Gasteiger partial charge in [0.15, 0.2) is 5.13 Å². The number of amides is 1. The first-order valence-corrected chi connectivity index (χ1v) is 13.8. The molecule has 2 aromatic heterocycles. The Morgan fingerprint density at radius 2 is 1.81 bits per heavy atom. The number of anilines is 1. The van der Waals surface area contributed by atoms with Crippen molar-refractivity contribution >= 4 is 59.7 Å². The van der Waals surface area contributed by atoms with Crippen LogP contribution in [-0.2, 0) is 10.0 Å². The number of thiophene rings is 1. The Balaban J connectivity index is 1.45. The van der Waals surface area contributed by atoms with Crippen LogP contribution in [-0.4, -0.2) is 36.7 Å². The van der Waals surface area contributed by atoms with E-state index in [0.717, 1.165) is 20.8 Å². The smallest absolute Gasteiger partial charge is 0.257 e. The first kappa shape index (κ1) is 22.6. The normalized spacial score (nSPS) is 20.0. The van der Waals surface area contributed by atoms with Crippen molar-refractivity contribution in [3.63, 3.8) is 0 Å². The van der Waals surface area contributed by atoms with Crippen LogP contribution < -0.4 is 5.32 Å². The van der Waals surface area contributed by atoms with Crippen molar-refractivity contribution in [1.29, 1.82) is 0 Å². The van der Waals surface area contributed by atoms with Gasteiger partial charge in [-0.05, 0) is 70.6 Å². The van der Waals surface area contributed by atoms with Crippen LogP contribution in [0.4, 0.5) is 5.13 Å². The monoisotopic (exact) mass is 539 g/mol. The highest BCUT2D eigenvalue weighted by atomic mass is 79.9. The maximum atomic E-state index is 13.0. The minimum Gasteiger partial charge on any atom is -0.298 e. The summed E-state index contributed by atoms with van der Waals surface area (Å²) in [6, 6.07) is 10.0. The molecule has 1 aromatic carbocycles. The van der Waals surface area contributed by atoms with E-state index in [2.05, 4.69) is 40.1 Å². The molecule has 6 nitrogen and oxygen atoms in total. The van der Waals surface area contributed by atoms with Gasteiger partial charge in [0.25, 0.3) is 5.91 Å². The summed E-state index contributed by atoms with van der Waals surface area (Å²) in [7, 11) is -3.57. The van der Waals surface area contributed by atoms with Crippen LogP contribution in [0.25, 0.3) is 10.6 Å². The third-order valence-electron chi connectivity index (χ3n) is 5.14. The average Bonchev–Trinajstić information content (AvgIpc) is 3.36. The van der Waals surface area contributed by atoms with E-state index in [4.69, 9.17) is 0 Å². The third kappa shape index (κ3) is 5.09. The van der Waals surface area contributed by atoms with Crippen LogP contribution >= 0.6 is 38.6 Å². The molecule has 3 heterocycles. The summed E-state index contributed by atoms with van der Waals surface area (Å²) < 4.78 is 28.6. The van der Waals surface area contributed by atoms with E-state index in [9.17, 15) is 13.2 Å². The summed E-state index contributed by atoms with van der Waals surface area (Å²) in [5.41, 5.74) is 1.19. The molecule has 1 saturated heterocycles. The second-order valence-corrected chi connectivity index (χ2v) is 13.1. The molecule has 10 heteroatoms. The standard InChI is InChI=1S/C21H22BrN3O3S3/c1-13-9-14(2)11-25(10-13)31(27,28)16-5-3-15(4-6-16)20(26)24-21-23-17(12-29-21)18-7-8-19(22)30-18/h3-8,12-14H,9-11H2,1-2H3,(H,23,24,26). The molecule has 0 radical (unpaired) electrons. The molecule has 1 N–H and O–H groups in total. The van der Waals surface area contributed by atoms with Gasteiger partial charge in [-0.1, -0.05) is 13.8 Å². The number of nitrogens with zero attached hydrogens (tertiary/aromatic N) is 2. The van der Waals surface area contributed by atoms with Crippen LogP contribution in [0.5, 0.6) is 0 Å². The summed E-state index contributed by atoms with van der Waals surface area (Å²) in [5, 5.41) is 5.18. The Morgan fingerprint density at radius 1 is 1.13 bits per heavy atom. The van der Waals surface area contributed by atoms with Crippen molar-refractivity contribution < 1.29 is 13.2 Å². The first-order chi connectivity index (χ1) is 14.7. The molecule has 164 valence electrons. The lowest BCUT2D eigenvalue weighted by atomic mass is 9.94. The van der Waals surface area contributed by atoms with Crippen molar-refractivity contribution in [1.82, 2.24) is 9.29 Å². The lowest BCUT2D eigenvalue weighted by molar-refractivity contribution is 0.102. The molecule has 1 aliphatic rings. The summed E-state index contributed by atoms with van der Waals surface area (Å²) in [5.74, 6) is 0.349. The Bertz CT molecular complexity index is 1180. The zero-order chi connectivity index (χ0) is 22.2. The molecule has 2 unspecified atom stereocenters. The number of hydrogen-bond acceptors (Lipinski definition) is 6. The fraction of sp³-hybridized carbons (Fsp3) is 0.333. The number of sulfonamides is 1. The molecule has 1 aliphatic heterocycles.